The summed E-state index contributed by atoms with van der Waals surface area (Å²) in [4.78, 5) is 41.9. The number of nitrogens with one attached hydrogen (secondary N) is 1. The Bertz CT molecular complexity index is 1060. The van der Waals surface area contributed by atoms with Crippen LogP contribution in [0.4, 0.5) is 11.5 Å². The summed E-state index contributed by atoms with van der Waals surface area (Å²) in [5, 5.41) is 0. The third-order valence-corrected chi connectivity index (χ3v) is 5.09. The molecule has 2 aromatic rings. The van der Waals surface area contributed by atoms with Gasteiger partial charge in [-0.2, -0.15) is 0 Å². The maximum absolute atomic E-state index is 13.4. The van der Waals surface area contributed by atoms with Crippen LogP contribution in [0.1, 0.15) is 38.7 Å². The monoisotopic (exact) mass is 448 g/mol. The van der Waals surface area contributed by atoms with Crippen LogP contribution in [-0.4, -0.2) is 43.3 Å². The molecule has 0 saturated heterocycles. The molecule has 10 nitrogen and oxygen atoms in total. The van der Waals surface area contributed by atoms with E-state index < -0.39 is 11.2 Å². The van der Waals surface area contributed by atoms with Gasteiger partial charge < -0.3 is 24.8 Å². The van der Waals surface area contributed by atoms with Crippen molar-refractivity contribution in [3.05, 3.63) is 38.5 Å². The molecule has 32 heavy (non-hydrogen) atoms. The summed E-state index contributed by atoms with van der Waals surface area (Å²) in [7, 11) is 4.47. The van der Waals surface area contributed by atoms with Gasteiger partial charge in [-0.05, 0) is 18.9 Å². The van der Waals surface area contributed by atoms with Crippen LogP contribution in [0.3, 0.4) is 0 Å². The van der Waals surface area contributed by atoms with Gasteiger partial charge in [0.1, 0.15) is 5.82 Å². The number of aromatic amines is 1. The van der Waals surface area contributed by atoms with E-state index in [0.29, 0.717) is 42.2 Å². The highest BCUT2D eigenvalue weighted by molar-refractivity contribution is 5.97. The predicted molar refractivity (Wildman–Crippen MR) is 123 cm³/mol. The second-order valence-electron chi connectivity index (χ2n) is 7.21. The molecule has 2 rings (SSSR count). The fourth-order valence-electron chi connectivity index (χ4n) is 3.52. The molecule has 0 bridgehead atoms. The Hall–Kier alpha value is -3.43. The molecule has 1 heterocycles. The fourth-order valence-corrected chi connectivity index (χ4v) is 3.52. The number of nitrogens with two attached hydrogens (primary N) is 1. The average Bonchev–Trinajstić information content (AvgIpc) is 2.77. The van der Waals surface area contributed by atoms with Crippen molar-refractivity contribution < 1.29 is 19.0 Å². The number of H-pyrrole nitrogens is 1. The second-order valence-corrected chi connectivity index (χ2v) is 7.21. The SMILES string of the molecule is CCCCN(C(=O)Cc1ccc(OC)c(OC)c1OC)c1c(N)n(CCC)c(=O)[nH]c1=O. The van der Waals surface area contributed by atoms with E-state index in [1.54, 1.807) is 12.1 Å². The molecule has 0 fully saturated rings. The number of anilines is 2. The molecule has 1 amide bonds. The summed E-state index contributed by atoms with van der Waals surface area (Å²) in [5.74, 6) is 0.825. The van der Waals surface area contributed by atoms with Crippen LogP contribution >= 0.6 is 0 Å². The zero-order valence-corrected chi connectivity index (χ0v) is 19.3. The Morgan fingerprint density at radius 3 is 2.31 bits per heavy atom. The fraction of sp³-hybridized carbons (Fsp3) is 0.500. The van der Waals surface area contributed by atoms with E-state index in [1.807, 2.05) is 13.8 Å². The molecular weight excluding hydrogens is 416 g/mol. The highest BCUT2D eigenvalue weighted by Crippen LogP contribution is 2.40. The summed E-state index contributed by atoms with van der Waals surface area (Å²) < 4.78 is 17.4. The van der Waals surface area contributed by atoms with Crippen molar-refractivity contribution >= 4 is 17.4 Å². The smallest absolute Gasteiger partial charge is 0.330 e. The largest absolute Gasteiger partial charge is 0.493 e. The molecular formula is C22H32N4O6. The quantitative estimate of drug-likeness (QED) is 0.537. The van der Waals surface area contributed by atoms with E-state index in [1.165, 1.54) is 30.8 Å². The molecule has 10 heteroatoms. The van der Waals surface area contributed by atoms with Crippen LogP contribution < -0.4 is 36.1 Å². The lowest BCUT2D eigenvalue weighted by Gasteiger charge is -2.25. The van der Waals surface area contributed by atoms with Crippen molar-refractivity contribution in [1.29, 1.82) is 0 Å². The van der Waals surface area contributed by atoms with Crippen molar-refractivity contribution in [2.75, 3.05) is 38.5 Å². The molecule has 0 radical (unpaired) electrons. The highest BCUT2D eigenvalue weighted by atomic mass is 16.5. The van der Waals surface area contributed by atoms with Gasteiger partial charge in [-0.25, -0.2) is 4.79 Å². The molecule has 0 aliphatic carbocycles. The number of rotatable bonds is 11. The number of nitrogens with zero attached hydrogens (tertiary/aromatic N) is 2. The number of carbonyl (C=O) groups excluding carboxylic acids is 1. The summed E-state index contributed by atoms with van der Waals surface area (Å²) in [5.41, 5.74) is 5.46. The first-order valence-corrected chi connectivity index (χ1v) is 10.5. The first-order valence-electron chi connectivity index (χ1n) is 10.5. The van der Waals surface area contributed by atoms with Gasteiger partial charge in [-0.15, -0.1) is 0 Å². The van der Waals surface area contributed by atoms with Crippen molar-refractivity contribution in [1.82, 2.24) is 9.55 Å². The number of aromatic nitrogens is 2. The molecule has 1 aromatic carbocycles. The minimum atomic E-state index is -0.691. The number of benzene rings is 1. The number of ether oxygens (including phenoxy) is 3. The van der Waals surface area contributed by atoms with Crippen molar-refractivity contribution in [2.24, 2.45) is 0 Å². The molecule has 176 valence electrons. The number of amides is 1. The zero-order valence-electron chi connectivity index (χ0n) is 19.3. The Morgan fingerprint density at radius 1 is 1.06 bits per heavy atom. The molecule has 3 N–H and O–H groups in total. The van der Waals surface area contributed by atoms with Gasteiger partial charge in [-0.3, -0.25) is 19.1 Å². The standard InChI is InChI=1S/C22H32N4O6/c1-6-8-12-25(17-20(23)26(11-7-2)22(29)24-21(17)28)16(27)13-14-9-10-15(30-3)19(32-5)18(14)31-4/h9-10H,6-8,11-13,23H2,1-5H3,(H,24,28,29). The predicted octanol–water partition coefficient (Wildman–Crippen LogP) is 1.93. The van der Waals surface area contributed by atoms with E-state index in [4.69, 9.17) is 19.9 Å². The third kappa shape index (κ3) is 5.06. The number of methoxy groups -OCH3 is 3. The zero-order chi connectivity index (χ0) is 23.8. The van der Waals surface area contributed by atoms with Crippen LogP contribution in [0.25, 0.3) is 0 Å². The lowest BCUT2D eigenvalue weighted by atomic mass is 10.1. The van der Waals surface area contributed by atoms with Gasteiger partial charge in [-0.1, -0.05) is 26.3 Å². The minimum Gasteiger partial charge on any atom is -0.493 e. The third-order valence-electron chi connectivity index (χ3n) is 5.09. The number of unbranched alkanes of at least 4 members (excludes halogenated alkanes) is 1. The van der Waals surface area contributed by atoms with E-state index in [9.17, 15) is 14.4 Å². The second kappa shape index (κ2) is 11.3. The Labute approximate surface area is 186 Å². The van der Waals surface area contributed by atoms with Gasteiger partial charge in [0.15, 0.2) is 17.2 Å². The topological polar surface area (TPSA) is 129 Å². The van der Waals surface area contributed by atoms with E-state index in [0.717, 1.165) is 6.42 Å². The Kier molecular flexibility index (Phi) is 8.74. The summed E-state index contributed by atoms with van der Waals surface area (Å²) in [6.45, 7) is 4.47. The minimum absolute atomic E-state index is 0.0176. The lowest BCUT2D eigenvalue weighted by Crippen LogP contribution is -2.42. The van der Waals surface area contributed by atoms with Crippen molar-refractivity contribution in [2.45, 2.75) is 46.1 Å². The van der Waals surface area contributed by atoms with Gasteiger partial charge in [0.05, 0.1) is 27.8 Å². The number of hydrogen-bond acceptors (Lipinski definition) is 7. The molecule has 0 unspecified atom stereocenters. The summed E-state index contributed by atoms with van der Waals surface area (Å²) >= 11 is 0. The van der Waals surface area contributed by atoms with Crippen LogP contribution in [0, 0.1) is 0 Å². The molecule has 0 aliphatic rings. The van der Waals surface area contributed by atoms with Crippen LogP contribution in [0.5, 0.6) is 17.2 Å². The molecule has 0 saturated carbocycles. The maximum Gasteiger partial charge on any atom is 0.330 e. The maximum atomic E-state index is 13.4. The van der Waals surface area contributed by atoms with Gasteiger partial charge >= 0.3 is 5.69 Å². The van der Waals surface area contributed by atoms with Crippen LogP contribution in [-0.2, 0) is 17.8 Å². The van der Waals surface area contributed by atoms with Crippen LogP contribution in [0.15, 0.2) is 21.7 Å². The Balaban J connectivity index is 2.55. The highest BCUT2D eigenvalue weighted by Gasteiger charge is 2.26. The molecule has 0 spiro atoms. The van der Waals surface area contributed by atoms with Gasteiger partial charge in [0.2, 0.25) is 11.7 Å². The first kappa shape index (κ1) is 24.8. The lowest BCUT2D eigenvalue weighted by molar-refractivity contribution is -0.118. The summed E-state index contributed by atoms with van der Waals surface area (Å²) in [6.07, 6.45) is 2.02. The summed E-state index contributed by atoms with van der Waals surface area (Å²) in [6, 6.07) is 3.39. The molecule has 0 aliphatic heterocycles. The first-order chi connectivity index (χ1) is 15.3. The number of nitrogen functional groups attached to an aromatic ring is 1. The molecule has 1 aromatic heterocycles. The van der Waals surface area contributed by atoms with Gasteiger partial charge in [0.25, 0.3) is 5.56 Å². The number of hydrogen-bond donors (Lipinski definition) is 2. The normalized spacial score (nSPS) is 10.7. The van der Waals surface area contributed by atoms with E-state index in [2.05, 4.69) is 4.98 Å². The molecule has 0 atom stereocenters. The van der Waals surface area contributed by atoms with Crippen molar-refractivity contribution in [3.8, 4) is 17.2 Å². The Morgan fingerprint density at radius 2 is 1.75 bits per heavy atom. The van der Waals surface area contributed by atoms with Crippen LogP contribution in [0.2, 0.25) is 0 Å². The van der Waals surface area contributed by atoms with Gasteiger partial charge in [0, 0.05) is 18.7 Å². The van der Waals surface area contributed by atoms with E-state index >= 15 is 0 Å². The van der Waals surface area contributed by atoms with Crippen molar-refractivity contribution in [3.63, 3.8) is 0 Å². The van der Waals surface area contributed by atoms with E-state index in [-0.39, 0.29) is 30.4 Å². The average molecular weight is 449 g/mol. The number of carbonyl (C=O) groups is 1.